The largest absolute Gasteiger partial charge is 0.364 e. The average Bonchev–Trinajstić information content (AvgIpc) is 3.26. The van der Waals surface area contributed by atoms with E-state index in [0.29, 0.717) is 17.3 Å². The second-order valence-electron chi connectivity index (χ2n) is 6.57. The maximum Gasteiger partial charge on any atom is 0.166 e. The van der Waals surface area contributed by atoms with E-state index in [9.17, 15) is 0 Å². The fraction of sp³-hybridized carbons (Fsp3) is 0.588. The Bertz CT molecular complexity index is 712. The number of fused-ring (bicyclic) bond motifs is 3. The summed E-state index contributed by atoms with van der Waals surface area (Å²) in [7, 11) is 0. The molecule has 2 aromatic rings. The normalized spacial score (nSPS) is 23.6. The van der Waals surface area contributed by atoms with E-state index in [2.05, 4.69) is 35.1 Å². The van der Waals surface area contributed by atoms with Gasteiger partial charge < -0.3 is 15.2 Å². The third-order valence-electron chi connectivity index (χ3n) is 5.08. The van der Waals surface area contributed by atoms with Crippen molar-refractivity contribution in [1.82, 2.24) is 15.3 Å². The van der Waals surface area contributed by atoms with Gasteiger partial charge in [-0.3, -0.25) is 0 Å². The van der Waals surface area contributed by atoms with Crippen LogP contribution in [0.25, 0.3) is 11.0 Å². The van der Waals surface area contributed by atoms with Crippen LogP contribution in [0.5, 0.6) is 0 Å². The molecule has 0 amide bonds. The molecular formula is C17H23ClN4S. The van der Waals surface area contributed by atoms with Gasteiger partial charge in [0.2, 0.25) is 0 Å². The molecule has 3 heterocycles. The van der Waals surface area contributed by atoms with E-state index in [4.69, 9.17) is 16.6 Å². The highest BCUT2D eigenvalue weighted by molar-refractivity contribution is 7.99. The van der Waals surface area contributed by atoms with Gasteiger partial charge in [-0.15, -0.1) is 0 Å². The summed E-state index contributed by atoms with van der Waals surface area (Å²) in [5, 5.41) is 5.99. The van der Waals surface area contributed by atoms with Crippen molar-refractivity contribution < 1.29 is 0 Å². The summed E-state index contributed by atoms with van der Waals surface area (Å²) in [5.41, 5.74) is 3.20. The van der Waals surface area contributed by atoms with E-state index in [1.54, 1.807) is 0 Å². The van der Waals surface area contributed by atoms with Gasteiger partial charge in [-0.05, 0) is 31.4 Å². The van der Waals surface area contributed by atoms with Gasteiger partial charge in [-0.25, -0.2) is 4.98 Å². The highest BCUT2D eigenvalue weighted by Gasteiger charge is 2.38. The van der Waals surface area contributed by atoms with Crippen molar-refractivity contribution in [3.8, 4) is 0 Å². The van der Waals surface area contributed by atoms with Crippen LogP contribution in [0.3, 0.4) is 0 Å². The van der Waals surface area contributed by atoms with Gasteiger partial charge in [0.25, 0.3) is 0 Å². The predicted octanol–water partition coefficient (Wildman–Crippen LogP) is 4.05. The molecule has 0 saturated carbocycles. The van der Waals surface area contributed by atoms with Crippen LogP contribution >= 0.6 is 23.4 Å². The zero-order valence-electron chi connectivity index (χ0n) is 13.6. The summed E-state index contributed by atoms with van der Waals surface area (Å²) in [5.74, 6) is 0. The zero-order valence-corrected chi connectivity index (χ0v) is 15.2. The van der Waals surface area contributed by atoms with Crippen LogP contribution < -0.4 is 10.2 Å². The number of nitrogens with zero attached hydrogens (tertiary/aromatic N) is 2. The van der Waals surface area contributed by atoms with E-state index < -0.39 is 0 Å². The van der Waals surface area contributed by atoms with Crippen molar-refractivity contribution in [1.29, 1.82) is 0 Å². The number of anilines is 1. The topological polar surface area (TPSA) is 44.0 Å². The number of halogens is 1. The summed E-state index contributed by atoms with van der Waals surface area (Å²) < 4.78 is 0. The molecule has 2 fully saturated rings. The van der Waals surface area contributed by atoms with Crippen LogP contribution in [0.15, 0.2) is 17.3 Å². The van der Waals surface area contributed by atoms with Gasteiger partial charge in [0.05, 0.1) is 21.7 Å². The molecule has 2 atom stereocenters. The molecule has 2 aliphatic rings. The Morgan fingerprint density at radius 2 is 2.22 bits per heavy atom. The van der Waals surface area contributed by atoms with Gasteiger partial charge in [-0.2, -0.15) is 0 Å². The summed E-state index contributed by atoms with van der Waals surface area (Å²) in [6.07, 6.45) is 3.55. The van der Waals surface area contributed by atoms with E-state index >= 15 is 0 Å². The number of hydrogen-bond acceptors (Lipinski definition) is 4. The lowest BCUT2D eigenvalue weighted by Gasteiger charge is -2.30. The summed E-state index contributed by atoms with van der Waals surface area (Å²) in [4.78, 5) is 10.7. The second-order valence-corrected chi connectivity index (χ2v) is 8.26. The van der Waals surface area contributed by atoms with Crippen LogP contribution in [0.4, 0.5) is 5.69 Å². The molecule has 1 aromatic heterocycles. The van der Waals surface area contributed by atoms with Crippen LogP contribution in [0.1, 0.15) is 33.1 Å². The van der Waals surface area contributed by atoms with Crippen molar-refractivity contribution >= 4 is 40.1 Å². The number of imidazole rings is 1. The summed E-state index contributed by atoms with van der Waals surface area (Å²) in [6, 6.07) is 5.39. The highest BCUT2D eigenvalue weighted by Crippen LogP contribution is 2.37. The zero-order chi connectivity index (χ0) is 16.0. The van der Waals surface area contributed by atoms with Crippen LogP contribution in [-0.2, 0) is 0 Å². The molecule has 2 saturated heterocycles. The van der Waals surface area contributed by atoms with Crippen molar-refractivity contribution in [2.75, 3.05) is 18.0 Å². The average molecular weight is 351 g/mol. The second kappa shape index (κ2) is 6.19. The number of hydrogen-bond donors (Lipinski definition) is 2. The van der Waals surface area contributed by atoms with Gasteiger partial charge in [0, 0.05) is 30.4 Å². The molecular weight excluding hydrogens is 328 g/mol. The third-order valence-corrected chi connectivity index (χ3v) is 6.80. The van der Waals surface area contributed by atoms with Gasteiger partial charge in [-0.1, -0.05) is 37.2 Å². The maximum atomic E-state index is 6.57. The quantitative estimate of drug-likeness (QED) is 0.798. The number of rotatable bonds is 5. The van der Waals surface area contributed by atoms with Crippen LogP contribution in [0.2, 0.25) is 5.02 Å². The smallest absolute Gasteiger partial charge is 0.166 e. The fourth-order valence-electron chi connectivity index (χ4n) is 3.74. The van der Waals surface area contributed by atoms with Gasteiger partial charge in [0.1, 0.15) is 0 Å². The molecule has 0 unspecified atom stereocenters. The summed E-state index contributed by atoms with van der Waals surface area (Å²) in [6.45, 7) is 6.58. The Morgan fingerprint density at radius 1 is 1.39 bits per heavy atom. The Morgan fingerprint density at radius 3 is 2.87 bits per heavy atom. The first-order chi connectivity index (χ1) is 11.2. The lowest BCUT2D eigenvalue weighted by Crippen LogP contribution is -2.43. The van der Waals surface area contributed by atoms with Crippen molar-refractivity contribution in [2.24, 2.45) is 0 Å². The molecule has 2 aliphatic heterocycles. The molecule has 2 N–H and O–H groups in total. The lowest BCUT2D eigenvalue weighted by atomic mass is 10.2. The van der Waals surface area contributed by atoms with E-state index in [-0.39, 0.29) is 0 Å². The van der Waals surface area contributed by atoms with E-state index in [1.165, 1.54) is 6.42 Å². The van der Waals surface area contributed by atoms with Crippen LogP contribution in [-0.4, -0.2) is 40.4 Å². The monoisotopic (exact) mass is 350 g/mol. The number of aromatic amines is 1. The Hall–Kier alpha value is -0.910. The van der Waals surface area contributed by atoms with Crippen molar-refractivity contribution in [3.05, 3.63) is 17.2 Å². The minimum atomic E-state index is 0.576. The first-order valence-electron chi connectivity index (χ1n) is 8.53. The number of H-pyrrole nitrogens is 1. The number of piperazine rings is 1. The number of aromatic nitrogens is 2. The maximum absolute atomic E-state index is 6.57. The minimum absolute atomic E-state index is 0.576. The Labute approximate surface area is 146 Å². The molecule has 0 aliphatic carbocycles. The number of nitrogens with one attached hydrogen (secondary N) is 2. The molecule has 4 nitrogen and oxygen atoms in total. The SMILES string of the molecule is CCC(CC)Sc1nc2cc(N3C[C@@H]4C[C@H]3CN4)c(Cl)cc2[nH]1. The molecule has 0 radical (unpaired) electrons. The standard InChI is InChI=1S/C17H23ClN4S/c1-3-12(4-2)23-17-20-14-6-13(18)16(7-15(14)21-17)22-9-10-5-11(22)8-19-10/h6-7,10-12,19H,3-5,8-9H2,1-2H3,(H,20,21)/t10-,11-/m0/s1. The molecule has 0 spiro atoms. The van der Waals surface area contributed by atoms with Gasteiger partial charge >= 0.3 is 0 Å². The fourth-order valence-corrected chi connectivity index (χ4v) is 4.98. The summed E-state index contributed by atoms with van der Waals surface area (Å²) >= 11 is 8.41. The molecule has 6 heteroatoms. The van der Waals surface area contributed by atoms with E-state index in [1.807, 2.05) is 17.8 Å². The predicted molar refractivity (Wildman–Crippen MR) is 98.9 cm³/mol. The van der Waals surface area contributed by atoms with Gasteiger partial charge in [0.15, 0.2) is 5.16 Å². The highest BCUT2D eigenvalue weighted by atomic mass is 35.5. The van der Waals surface area contributed by atoms with Crippen molar-refractivity contribution in [3.63, 3.8) is 0 Å². The van der Waals surface area contributed by atoms with Crippen molar-refractivity contribution in [2.45, 2.75) is 55.6 Å². The molecule has 23 heavy (non-hydrogen) atoms. The number of thioether (sulfide) groups is 1. The Balaban J connectivity index is 1.64. The lowest BCUT2D eigenvalue weighted by molar-refractivity contribution is 0.580. The van der Waals surface area contributed by atoms with Crippen LogP contribution in [0, 0.1) is 0 Å². The first-order valence-corrected chi connectivity index (χ1v) is 9.79. The molecule has 2 bridgehead atoms. The minimum Gasteiger partial charge on any atom is -0.364 e. The molecule has 1 aromatic carbocycles. The molecule has 4 rings (SSSR count). The van der Waals surface area contributed by atoms with E-state index in [0.717, 1.165) is 52.8 Å². The number of benzene rings is 1. The first kappa shape index (κ1) is 15.6. The third kappa shape index (κ3) is 2.83. The molecule has 124 valence electrons. The Kier molecular flexibility index (Phi) is 4.20.